The Labute approximate surface area is 139 Å². The minimum Gasteiger partial charge on any atom is -0.450 e. The van der Waals surface area contributed by atoms with Crippen molar-refractivity contribution in [2.75, 3.05) is 27.4 Å². The van der Waals surface area contributed by atoms with E-state index in [1.54, 1.807) is 20.1 Å². The van der Waals surface area contributed by atoms with E-state index in [1.807, 2.05) is 18.2 Å². The fraction of sp³-hybridized carbons (Fsp3) is 0.412. The quantitative estimate of drug-likeness (QED) is 0.741. The topological polar surface area (TPSA) is 87.0 Å². The van der Waals surface area contributed by atoms with Gasteiger partial charge in [0, 0.05) is 31.2 Å². The largest absolute Gasteiger partial charge is 0.450 e. The first-order valence-electron chi connectivity index (χ1n) is 7.51. The van der Waals surface area contributed by atoms with E-state index in [9.17, 15) is 9.59 Å². The number of para-hydroxylation sites is 1. The highest BCUT2D eigenvalue weighted by Gasteiger charge is 2.22. The summed E-state index contributed by atoms with van der Waals surface area (Å²) in [5.41, 5.74) is 1.17. The smallest absolute Gasteiger partial charge is 0.375 e. The van der Waals surface area contributed by atoms with Gasteiger partial charge in [-0.2, -0.15) is 0 Å². The molecule has 0 aliphatic rings. The lowest BCUT2D eigenvalue weighted by molar-refractivity contribution is -0.125. The molecule has 0 radical (unpaired) electrons. The minimum absolute atomic E-state index is 0.0517. The van der Waals surface area contributed by atoms with Gasteiger partial charge in [-0.25, -0.2) is 4.79 Å². The number of nitrogens with one attached hydrogen (secondary N) is 1. The highest BCUT2D eigenvalue weighted by atomic mass is 16.5. The van der Waals surface area contributed by atoms with E-state index in [1.165, 1.54) is 7.11 Å². The number of ether oxygens (including phenoxy) is 3. The number of fused-ring (bicyclic) bond motifs is 1. The highest BCUT2D eigenvalue weighted by molar-refractivity contribution is 5.96. The molecule has 130 valence electrons. The van der Waals surface area contributed by atoms with E-state index in [2.05, 4.69) is 5.32 Å². The number of hydrogen-bond acceptors (Lipinski definition) is 6. The molecule has 7 nitrogen and oxygen atoms in total. The Hall–Kier alpha value is -2.38. The van der Waals surface area contributed by atoms with Crippen molar-refractivity contribution >= 4 is 22.8 Å². The summed E-state index contributed by atoms with van der Waals surface area (Å²) < 4.78 is 20.7. The van der Waals surface area contributed by atoms with Gasteiger partial charge < -0.3 is 23.9 Å². The zero-order valence-corrected chi connectivity index (χ0v) is 14.0. The van der Waals surface area contributed by atoms with Crippen LogP contribution in [0.1, 0.15) is 23.0 Å². The van der Waals surface area contributed by atoms with Gasteiger partial charge in [0.2, 0.25) is 5.76 Å². The number of hydrogen-bond donors (Lipinski definition) is 1. The molecule has 0 saturated heterocycles. The average Bonchev–Trinajstić information content (AvgIpc) is 2.92. The third-order valence-corrected chi connectivity index (χ3v) is 3.33. The molecular formula is C17H21NO6. The van der Waals surface area contributed by atoms with E-state index in [-0.39, 0.29) is 18.4 Å². The molecule has 24 heavy (non-hydrogen) atoms. The molecule has 2 rings (SSSR count). The molecule has 7 heteroatoms. The Balaban J connectivity index is 2.05. The fourth-order valence-electron chi connectivity index (χ4n) is 2.36. The average molecular weight is 335 g/mol. The van der Waals surface area contributed by atoms with Crippen molar-refractivity contribution in [2.24, 2.45) is 0 Å². The Kier molecular flexibility index (Phi) is 6.34. The van der Waals surface area contributed by atoms with Gasteiger partial charge in [-0.05, 0) is 13.0 Å². The van der Waals surface area contributed by atoms with Gasteiger partial charge in [-0.3, -0.25) is 4.79 Å². The predicted molar refractivity (Wildman–Crippen MR) is 86.7 cm³/mol. The Morgan fingerprint density at radius 1 is 1.21 bits per heavy atom. The van der Waals surface area contributed by atoms with Crippen LogP contribution in [0, 0.1) is 0 Å². The molecule has 1 unspecified atom stereocenters. The molecule has 0 spiro atoms. The molecule has 1 N–H and O–H groups in total. The van der Waals surface area contributed by atoms with Crippen LogP contribution in [0.15, 0.2) is 28.7 Å². The van der Waals surface area contributed by atoms with Crippen molar-refractivity contribution in [3.05, 3.63) is 35.6 Å². The van der Waals surface area contributed by atoms with Crippen molar-refractivity contribution in [3.8, 4) is 0 Å². The standard InChI is InChI=1S/C17H21NO6/c1-11(8-21-2)18-15(19)10-23-17(20)16-13(9-22-3)12-6-4-5-7-14(12)24-16/h4-7,11H,8-10H2,1-3H3,(H,18,19). The molecule has 0 aliphatic heterocycles. The molecule has 1 atom stereocenters. The summed E-state index contributed by atoms with van der Waals surface area (Å²) in [6, 6.07) is 7.07. The molecule has 0 saturated carbocycles. The summed E-state index contributed by atoms with van der Waals surface area (Å²) in [6.07, 6.45) is 0. The number of rotatable bonds is 8. The van der Waals surface area contributed by atoms with E-state index >= 15 is 0 Å². The number of furan rings is 1. The Morgan fingerprint density at radius 2 is 1.96 bits per heavy atom. The second-order valence-corrected chi connectivity index (χ2v) is 5.34. The van der Waals surface area contributed by atoms with Crippen molar-refractivity contribution in [1.82, 2.24) is 5.32 Å². The molecule has 0 bridgehead atoms. The molecular weight excluding hydrogens is 314 g/mol. The summed E-state index contributed by atoms with van der Waals surface area (Å²) in [4.78, 5) is 24.0. The van der Waals surface area contributed by atoms with Gasteiger partial charge in [0.05, 0.1) is 13.2 Å². The Bertz CT molecular complexity index is 708. The van der Waals surface area contributed by atoms with Crippen LogP contribution < -0.4 is 5.32 Å². The van der Waals surface area contributed by atoms with Crippen LogP contribution in [-0.2, 0) is 25.6 Å². The SMILES string of the molecule is COCc1c(C(=O)OCC(=O)NC(C)COC)oc2ccccc12. The molecule has 1 amide bonds. The maximum Gasteiger partial charge on any atom is 0.375 e. The summed E-state index contributed by atoms with van der Waals surface area (Å²) >= 11 is 0. The van der Waals surface area contributed by atoms with Crippen molar-refractivity contribution in [1.29, 1.82) is 0 Å². The molecule has 1 aromatic heterocycles. The van der Waals surface area contributed by atoms with Crippen LogP contribution in [0.4, 0.5) is 0 Å². The van der Waals surface area contributed by atoms with Crippen LogP contribution in [0.25, 0.3) is 11.0 Å². The monoisotopic (exact) mass is 335 g/mol. The number of methoxy groups -OCH3 is 2. The van der Waals surface area contributed by atoms with Crippen molar-refractivity contribution < 1.29 is 28.2 Å². The molecule has 1 aromatic carbocycles. The van der Waals surface area contributed by atoms with Gasteiger partial charge in [0.1, 0.15) is 5.58 Å². The number of benzene rings is 1. The summed E-state index contributed by atoms with van der Waals surface area (Å²) in [5, 5.41) is 3.44. The fourth-order valence-corrected chi connectivity index (χ4v) is 2.36. The van der Waals surface area contributed by atoms with Crippen molar-refractivity contribution in [2.45, 2.75) is 19.6 Å². The first-order chi connectivity index (χ1) is 11.6. The van der Waals surface area contributed by atoms with Crippen LogP contribution in [0.3, 0.4) is 0 Å². The maximum absolute atomic E-state index is 12.2. The van der Waals surface area contributed by atoms with E-state index in [0.717, 1.165) is 5.39 Å². The number of esters is 1. The van der Waals surface area contributed by atoms with Crippen LogP contribution in [-0.4, -0.2) is 45.4 Å². The van der Waals surface area contributed by atoms with Crippen LogP contribution in [0.5, 0.6) is 0 Å². The summed E-state index contributed by atoms with van der Waals surface area (Å²) in [7, 11) is 3.07. The first-order valence-corrected chi connectivity index (χ1v) is 7.51. The Morgan fingerprint density at radius 3 is 2.67 bits per heavy atom. The first kappa shape index (κ1) is 18.0. The zero-order chi connectivity index (χ0) is 17.5. The third kappa shape index (κ3) is 4.33. The molecule has 0 aliphatic carbocycles. The molecule has 2 aromatic rings. The normalized spacial score (nSPS) is 12.1. The maximum atomic E-state index is 12.2. The minimum atomic E-state index is -0.701. The number of carbonyl (C=O) groups excluding carboxylic acids is 2. The lowest BCUT2D eigenvalue weighted by Crippen LogP contribution is -2.38. The van der Waals surface area contributed by atoms with Gasteiger partial charge >= 0.3 is 5.97 Å². The van der Waals surface area contributed by atoms with E-state index < -0.39 is 18.5 Å². The van der Waals surface area contributed by atoms with Gasteiger partial charge in [0.15, 0.2) is 6.61 Å². The van der Waals surface area contributed by atoms with Crippen LogP contribution in [0.2, 0.25) is 0 Å². The molecule has 1 heterocycles. The predicted octanol–water partition coefficient (Wildman–Crippen LogP) is 1.89. The lowest BCUT2D eigenvalue weighted by Gasteiger charge is -2.12. The summed E-state index contributed by atoms with van der Waals surface area (Å²) in [6.45, 7) is 1.98. The second kappa shape index (κ2) is 8.47. The van der Waals surface area contributed by atoms with Crippen LogP contribution >= 0.6 is 0 Å². The number of carbonyl (C=O) groups is 2. The number of amides is 1. The lowest BCUT2D eigenvalue weighted by atomic mass is 10.1. The van der Waals surface area contributed by atoms with Gasteiger partial charge in [-0.15, -0.1) is 0 Å². The van der Waals surface area contributed by atoms with Gasteiger partial charge in [0.25, 0.3) is 5.91 Å². The molecule has 0 fully saturated rings. The zero-order valence-electron chi connectivity index (χ0n) is 14.0. The third-order valence-electron chi connectivity index (χ3n) is 3.33. The van der Waals surface area contributed by atoms with E-state index in [4.69, 9.17) is 18.6 Å². The summed E-state index contributed by atoms with van der Waals surface area (Å²) in [5.74, 6) is -1.05. The van der Waals surface area contributed by atoms with Crippen molar-refractivity contribution in [3.63, 3.8) is 0 Å². The second-order valence-electron chi connectivity index (χ2n) is 5.34. The van der Waals surface area contributed by atoms with Gasteiger partial charge in [-0.1, -0.05) is 18.2 Å². The highest BCUT2D eigenvalue weighted by Crippen LogP contribution is 2.27. The van der Waals surface area contributed by atoms with E-state index in [0.29, 0.717) is 17.8 Å².